The molecule has 0 aromatic carbocycles. The topological polar surface area (TPSA) is 19.7 Å². The van der Waals surface area contributed by atoms with Gasteiger partial charge < -0.3 is 0 Å². The molecular formula is C31H61N2+. The van der Waals surface area contributed by atoms with Crippen LogP contribution in [0.4, 0.5) is 0 Å². The lowest BCUT2D eigenvalue weighted by atomic mass is 9.93. The number of aryl methyl sites for hydroxylation is 1. The van der Waals surface area contributed by atoms with Crippen LogP contribution in [0.15, 0.2) is 12.4 Å². The summed E-state index contributed by atoms with van der Waals surface area (Å²) >= 11 is 0. The largest absolute Gasteiger partial charge is 0.257 e. The van der Waals surface area contributed by atoms with E-state index in [4.69, 9.17) is 0 Å². The van der Waals surface area contributed by atoms with Crippen LogP contribution in [-0.4, -0.2) is 4.98 Å². The predicted molar refractivity (Wildman–Crippen MR) is 147 cm³/mol. The number of rotatable bonds is 25. The molecule has 1 aromatic heterocycles. The van der Waals surface area contributed by atoms with Gasteiger partial charge in [0, 0.05) is 0 Å². The third-order valence-electron chi connectivity index (χ3n) is 7.46. The first kappa shape index (κ1) is 30.2. The van der Waals surface area contributed by atoms with E-state index in [0.29, 0.717) is 0 Å². The van der Waals surface area contributed by atoms with Crippen molar-refractivity contribution in [2.24, 2.45) is 0 Å². The lowest BCUT2D eigenvalue weighted by Gasteiger charge is -2.14. The standard InChI is InChI=1S/C31H60N2/c1-4-7-9-11-13-14-15-16-17-18-19-20-22-24-26-30(25-23-21-12-10-8-5-2)31-32-27-29-33(31)28-6-3/h27,29-30H,4-26,28H2,1-3H3/p+1/t30-/m0/s1. The normalized spacial score (nSPS) is 12.5. The van der Waals surface area contributed by atoms with Crippen LogP contribution in [-0.2, 0) is 6.54 Å². The summed E-state index contributed by atoms with van der Waals surface area (Å²) in [6, 6.07) is 0. The quantitative estimate of drug-likeness (QED) is 0.110. The van der Waals surface area contributed by atoms with Gasteiger partial charge in [-0.05, 0) is 19.3 Å². The van der Waals surface area contributed by atoms with Gasteiger partial charge in [0.1, 0.15) is 12.4 Å². The van der Waals surface area contributed by atoms with Gasteiger partial charge in [-0.15, -0.1) is 0 Å². The molecule has 0 bridgehead atoms. The maximum absolute atomic E-state index is 3.61. The Balaban J connectivity index is 2.15. The molecule has 1 rings (SSSR count). The van der Waals surface area contributed by atoms with Crippen LogP contribution in [0.5, 0.6) is 0 Å². The fourth-order valence-corrected chi connectivity index (χ4v) is 5.34. The molecule has 2 nitrogen and oxygen atoms in total. The molecule has 0 fully saturated rings. The zero-order chi connectivity index (χ0) is 23.8. The summed E-state index contributed by atoms with van der Waals surface area (Å²) in [5.41, 5.74) is 0. The van der Waals surface area contributed by atoms with Crippen molar-refractivity contribution >= 4 is 0 Å². The van der Waals surface area contributed by atoms with Gasteiger partial charge in [0.05, 0.1) is 12.5 Å². The van der Waals surface area contributed by atoms with E-state index in [9.17, 15) is 0 Å². The molecule has 0 unspecified atom stereocenters. The van der Waals surface area contributed by atoms with Gasteiger partial charge in [-0.2, -0.15) is 0 Å². The van der Waals surface area contributed by atoms with Crippen LogP contribution in [0.1, 0.15) is 180 Å². The van der Waals surface area contributed by atoms with Crippen molar-refractivity contribution in [2.75, 3.05) is 0 Å². The van der Waals surface area contributed by atoms with Crippen molar-refractivity contribution in [1.82, 2.24) is 4.98 Å². The van der Waals surface area contributed by atoms with Gasteiger partial charge in [0.2, 0.25) is 0 Å². The van der Waals surface area contributed by atoms with Gasteiger partial charge in [0.15, 0.2) is 0 Å². The van der Waals surface area contributed by atoms with Crippen molar-refractivity contribution in [2.45, 2.75) is 181 Å². The van der Waals surface area contributed by atoms with Crippen molar-refractivity contribution in [3.05, 3.63) is 18.2 Å². The summed E-state index contributed by atoms with van der Waals surface area (Å²) < 4.78 is 2.49. The van der Waals surface area contributed by atoms with E-state index in [1.807, 2.05) is 0 Å². The van der Waals surface area contributed by atoms with Crippen LogP contribution < -0.4 is 4.57 Å². The monoisotopic (exact) mass is 461 g/mol. The molecule has 0 saturated heterocycles. The SMILES string of the molecule is CCCCCCCCCCCCCCCC[C@H](CCCCCCCC)c1[nH]cc[n+]1CCC. The highest BCUT2D eigenvalue weighted by Crippen LogP contribution is 2.26. The highest BCUT2D eigenvalue weighted by molar-refractivity contribution is 4.90. The number of nitrogens with zero attached hydrogens (tertiary/aromatic N) is 1. The first-order valence-corrected chi connectivity index (χ1v) is 15.4. The van der Waals surface area contributed by atoms with Crippen molar-refractivity contribution in [3.63, 3.8) is 0 Å². The van der Waals surface area contributed by atoms with Gasteiger partial charge in [-0.3, -0.25) is 0 Å². The van der Waals surface area contributed by atoms with Gasteiger partial charge >= 0.3 is 0 Å². The Morgan fingerprint density at radius 2 is 0.939 bits per heavy atom. The van der Waals surface area contributed by atoms with Gasteiger partial charge in [-0.25, -0.2) is 9.55 Å². The van der Waals surface area contributed by atoms with Crippen LogP contribution in [0, 0.1) is 0 Å². The van der Waals surface area contributed by atoms with Crippen LogP contribution >= 0.6 is 0 Å². The molecule has 1 N–H and O–H groups in total. The van der Waals surface area contributed by atoms with Crippen LogP contribution in [0.3, 0.4) is 0 Å². The average Bonchev–Trinajstić information content (AvgIpc) is 3.28. The Hall–Kier alpha value is -0.790. The third kappa shape index (κ3) is 16.5. The lowest BCUT2D eigenvalue weighted by Crippen LogP contribution is -2.37. The Morgan fingerprint density at radius 3 is 1.33 bits per heavy atom. The molecule has 33 heavy (non-hydrogen) atoms. The minimum Gasteiger partial charge on any atom is -0.247 e. The number of aromatic amines is 1. The summed E-state index contributed by atoms with van der Waals surface area (Å²) in [6.07, 6.45) is 37.1. The third-order valence-corrected chi connectivity index (χ3v) is 7.46. The number of unbranched alkanes of at least 4 members (excludes halogenated alkanes) is 18. The minimum absolute atomic E-state index is 0.732. The van der Waals surface area contributed by atoms with E-state index in [0.717, 1.165) is 12.5 Å². The molecule has 194 valence electrons. The summed E-state index contributed by atoms with van der Waals surface area (Å²) in [4.78, 5) is 3.61. The molecule has 1 aromatic rings. The Kier molecular flexibility index (Phi) is 21.1. The fourth-order valence-electron chi connectivity index (χ4n) is 5.34. The molecular weight excluding hydrogens is 400 g/mol. The molecule has 1 heterocycles. The van der Waals surface area contributed by atoms with Gasteiger partial charge in [0.25, 0.3) is 5.82 Å². The zero-order valence-corrected chi connectivity index (χ0v) is 23.1. The molecule has 0 amide bonds. The lowest BCUT2D eigenvalue weighted by molar-refractivity contribution is -0.704. The van der Waals surface area contributed by atoms with Gasteiger partial charge in [-0.1, -0.05) is 149 Å². The van der Waals surface area contributed by atoms with Crippen molar-refractivity contribution < 1.29 is 4.57 Å². The average molecular weight is 462 g/mol. The van der Waals surface area contributed by atoms with Crippen LogP contribution in [0.2, 0.25) is 0 Å². The summed E-state index contributed by atoms with van der Waals surface area (Å²) in [7, 11) is 0. The number of H-pyrrole nitrogens is 1. The predicted octanol–water partition coefficient (Wildman–Crippen LogP) is 10.4. The highest BCUT2D eigenvalue weighted by atomic mass is 15.1. The number of imidazole rings is 1. The maximum atomic E-state index is 3.61. The first-order chi connectivity index (χ1) is 16.3. The fraction of sp³-hybridized carbons (Fsp3) is 0.903. The first-order valence-electron chi connectivity index (χ1n) is 15.4. The molecule has 0 aliphatic rings. The molecule has 0 aliphatic heterocycles. The van der Waals surface area contributed by atoms with Crippen LogP contribution in [0.25, 0.3) is 0 Å². The number of hydrogen-bond acceptors (Lipinski definition) is 0. The second-order valence-electron chi connectivity index (χ2n) is 10.7. The molecule has 1 atom stereocenters. The summed E-state index contributed by atoms with van der Waals surface area (Å²) in [5, 5.41) is 0. The summed E-state index contributed by atoms with van der Waals surface area (Å²) in [6.45, 7) is 8.06. The zero-order valence-electron chi connectivity index (χ0n) is 23.1. The molecule has 0 spiro atoms. The minimum atomic E-state index is 0.732. The van der Waals surface area contributed by atoms with E-state index < -0.39 is 0 Å². The van der Waals surface area contributed by atoms with E-state index in [2.05, 4.69) is 42.7 Å². The number of hydrogen-bond donors (Lipinski definition) is 1. The maximum Gasteiger partial charge on any atom is 0.257 e. The molecule has 0 aliphatic carbocycles. The molecule has 0 saturated carbocycles. The Labute approximate surface area is 208 Å². The van der Waals surface area contributed by atoms with Crippen molar-refractivity contribution in [3.8, 4) is 0 Å². The summed E-state index contributed by atoms with van der Waals surface area (Å²) in [5.74, 6) is 2.23. The highest BCUT2D eigenvalue weighted by Gasteiger charge is 2.22. The second-order valence-corrected chi connectivity index (χ2v) is 10.7. The number of nitrogens with one attached hydrogen (secondary N) is 1. The van der Waals surface area contributed by atoms with E-state index >= 15 is 0 Å². The van der Waals surface area contributed by atoms with E-state index in [-0.39, 0.29) is 0 Å². The Bertz CT molecular complexity index is 507. The smallest absolute Gasteiger partial charge is 0.247 e. The van der Waals surface area contributed by atoms with E-state index in [1.165, 1.54) is 154 Å². The molecule has 2 heteroatoms. The van der Waals surface area contributed by atoms with E-state index in [1.54, 1.807) is 0 Å². The number of aromatic nitrogens is 2. The second kappa shape index (κ2) is 23.0. The van der Waals surface area contributed by atoms with Crippen molar-refractivity contribution in [1.29, 1.82) is 0 Å². The molecule has 0 radical (unpaired) electrons. The Morgan fingerprint density at radius 1 is 0.545 bits per heavy atom.